The summed E-state index contributed by atoms with van der Waals surface area (Å²) in [7, 11) is 2.86. The lowest BCUT2D eigenvalue weighted by Gasteiger charge is -2.32. The van der Waals surface area contributed by atoms with E-state index >= 15 is 0 Å². The standard InChI is InChI=1S/C30H28Cl2N2O5/c1-4-34-27(35)24-25(28(34)36)30(29(37)39-3,16-17-8-6-5-7-9-17)33-26(24)19-10-12-20(23(15-19)38-2)18-11-13-21(31)22(32)14-18/h5-15,24-26,33H,4,16H2,1-3H3/t24?,25?,26?,30-/m1/s1. The van der Waals surface area contributed by atoms with Crippen LogP contribution in [0.25, 0.3) is 11.1 Å². The number of amides is 2. The zero-order valence-corrected chi connectivity index (χ0v) is 23.3. The first kappa shape index (κ1) is 27.2. The van der Waals surface area contributed by atoms with Crippen LogP contribution in [0.15, 0.2) is 66.7 Å². The number of benzene rings is 3. The molecule has 7 nitrogen and oxygen atoms in total. The van der Waals surface area contributed by atoms with Crippen molar-refractivity contribution in [2.45, 2.75) is 24.9 Å². The number of hydrogen-bond acceptors (Lipinski definition) is 6. The smallest absolute Gasteiger partial charge is 0.327 e. The van der Waals surface area contributed by atoms with Crippen molar-refractivity contribution in [3.63, 3.8) is 0 Å². The summed E-state index contributed by atoms with van der Waals surface area (Å²) < 4.78 is 11.0. The fraction of sp³-hybridized carbons (Fsp3) is 0.300. The summed E-state index contributed by atoms with van der Waals surface area (Å²) in [6.07, 6.45) is 0.188. The van der Waals surface area contributed by atoms with E-state index in [-0.39, 0.29) is 24.8 Å². The molecule has 39 heavy (non-hydrogen) atoms. The van der Waals surface area contributed by atoms with E-state index in [0.717, 1.165) is 16.7 Å². The number of halogens is 2. The van der Waals surface area contributed by atoms with Crippen LogP contribution in [0.2, 0.25) is 10.0 Å². The average Bonchev–Trinajstić information content (AvgIpc) is 3.42. The lowest BCUT2D eigenvalue weighted by Crippen LogP contribution is -2.57. The predicted molar refractivity (Wildman–Crippen MR) is 149 cm³/mol. The second kappa shape index (κ2) is 10.6. The number of likely N-dealkylation sites (tertiary alicyclic amines) is 1. The van der Waals surface area contributed by atoms with Crippen LogP contribution >= 0.6 is 23.2 Å². The number of ether oxygens (including phenoxy) is 2. The zero-order valence-electron chi connectivity index (χ0n) is 21.7. The first-order valence-corrected chi connectivity index (χ1v) is 13.4. The Morgan fingerprint density at radius 1 is 0.974 bits per heavy atom. The van der Waals surface area contributed by atoms with Gasteiger partial charge in [-0.15, -0.1) is 0 Å². The molecule has 5 rings (SSSR count). The van der Waals surface area contributed by atoms with Crippen LogP contribution in [-0.4, -0.2) is 49.0 Å². The van der Waals surface area contributed by atoms with E-state index in [1.165, 1.54) is 12.0 Å². The summed E-state index contributed by atoms with van der Waals surface area (Å²) in [5, 5.41) is 4.28. The Morgan fingerprint density at radius 3 is 2.36 bits per heavy atom. The third kappa shape index (κ3) is 4.48. The molecule has 2 amide bonds. The lowest BCUT2D eigenvalue weighted by molar-refractivity contribution is -0.154. The molecule has 2 saturated heterocycles. The van der Waals surface area contributed by atoms with Crippen molar-refractivity contribution < 1.29 is 23.9 Å². The van der Waals surface area contributed by atoms with Crippen molar-refractivity contribution in [1.82, 2.24) is 10.2 Å². The molecule has 0 aromatic heterocycles. The molecule has 1 N–H and O–H groups in total. The van der Waals surface area contributed by atoms with Gasteiger partial charge in [-0.2, -0.15) is 0 Å². The van der Waals surface area contributed by atoms with Gasteiger partial charge in [-0.05, 0) is 41.8 Å². The van der Waals surface area contributed by atoms with Crippen LogP contribution in [0.5, 0.6) is 5.75 Å². The predicted octanol–water partition coefficient (Wildman–Crippen LogP) is 5.09. The Morgan fingerprint density at radius 2 is 1.72 bits per heavy atom. The molecule has 2 fully saturated rings. The fourth-order valence-electron chi connectivity index (χ4n) is 5.99. The van der Waals surface area contributed by atoms with E-state index in [9.17, 15) is 14.4 Å². The summed E-state index contributed by atoms with van der Waals surface area (Å²) in [6, 6.07) is 19.7. The molecule has 3 unspecified atom stereocenters. The minimum absolute atomic E-state index is 0.188. The summed E-state index contributed by atoms with van der Waals surface area (Å²) in [5.74, 6) is -2.43. The number of hydrogen-bond donors (Lipinski definition) is 1. The second-order valence-corrected chi connectivity index (χ2v) is 10.6. The Kier molecular flexibility index (Phi) is 7.42. The minimum Gasteiger partial charge on any atom is -0.496 e. The molecule has 0 bridgehead atoms. The van der Waals surface area contributed by atoms with Gasteiger partial charge in [-0.1, -0.05) is 71.7 Å². The van der Waals surface area contributed by atoms with Crippen LogP contribution in [0.4, 0.5) is 0 Å². The molecule has 2 aliphatic heterocycles. The number of rotatable bonds is 7. The van der Waals surface area contributed by atoms with Crippen molar-refractivity contribution in [3.05, 3.63) is 87.9 Å². The first-order chi connectivity index (χ1) is 18.7. The molecule has 4 atom stereocenters. The molecule has 9 heteroatoms. The molecule has 3 aromatic rings. The highest BCUT2D eigenvalue weighted by Crippen LogP contribution is 2.51. The number of esters is 1. The maximum atomic E-state index is 13.7. The third-order valence-corrected chi connectivity index (χ3v) is 8.49. The van der Waals surface area contributed by atoms with Gasteiger partial charge >= 0.3 is 5.97 Å². The monoisotopic (exact) mass is 566 g/mol. The Bertz CT molecular complexity index is 1450. The molecule has 0 saturated carbocycles. The highest BCUT2D eigenvalue weighted by atomic mass is 35.5. The number of fused-ring (bicyclic) bond motifs is 1. The number of imide groups is 1. The number of nitrogens with zero attached hydrogens (tertiary/aromatic N) is 1. The van der Waals surface area contributed by atoms with E-state index in [0.29, 0.717) is 21.4 Å². The Hall–Kier alpha value is -3.39. The van der Waals surface area contributed by atoms with Gasteiger partial charge in [0.2, 0.25) is 11.8 Å². The highest BCUT2D eigenvalue weighted by Gasteiger charge is 2.68. The molecule has 202 valence electrons. The van der Waals surface area contributed by atoms with Gasteiger partial charge in [0.25, 0.3) is 0 Å². The van der Waals surface area contributed by atoms with Crippen LogP contribution < -0.4 is 10.1 Å². The largest absolute Gasteiger partial charge is 0.496 e. The normalized spacial score (nSPS) is 24.1. The van der Waals surface area contributed by atoms with Gasteiger partial charge in [-0.3, -0.25) is 24.6 Å². The Labute approximate surface area is 237 Å². The van der Waals surface area contributed by atoms with Gasteiger partial charge in [-0.25, -0.2) is 0 Å². The number of nitrogens with one attached hydrogen (secondary N) is 1. The Balaban J connectivity index is 1.63. The van der Waals surface area contributed by atoms with Gasteiger partial charge in [0.05, 0.1) is 36.1 Å². The molecule has 3 aromatic carbocycles. The quantitative estimate of drug-likeness (QED) is 0.317. The van der Waals surface area contributed by atoms with Crippen LogP contribution in [0.3, 0.4) is 0 Å². The maximum Gasteiger partial charge on any atom is 0.327 e. The average molecular weight is 567 g/mol. The molecule has 0 aliphatic carbocycles. The minimum atomic E-state index is -1.43. The van der Waals surface area contributed by atoms with E-state index in [4.69, 9.17) is 32.7 Å². The van der Waals surface area contributed by atoms with Crippen molar-refractivity contribution in [3.8, 4) is 16.9 Å². The zero-order chi connectivity index (χ0) is 27.9. The van der Waals surface area contributed by atoms with E-state index in [1.54, 1.807) is 26.2 Å². The SMILES string of the molecule is CCN1C(=O)C2C(c3ccc(-c4ccc(Cl)c(Cl)c4)c(OC)c3)N[C@@](Cc3ccccc3)(C(=O)OC)C2C1=O. The maximum absolute atomic E-state index is 13.7. The lowest BCUT2D eigenvalue weighted by atomic mass is 9.76. The van der Waals surface area contributed by atoms with E-state index in [1.807, 2.05) is 54.6 Å². The highest BCUT2D eigenvalue weighted by molar-refractivity contribution is 6.42. The number of carbonyl (C=O) groups excluding carboxylic acids is 3. The van der Waals surface area contributed by atoms with Gasteiger partial charge < -0.3 is 9.47 Å². The number of carbonyl (C=O) groups is 3. The van der Waals surface area contributed by atoms with Crippen LogP contribution in [0, 0.1) is 11.8 Å². The summed E-state index contributed by atoms with van der Waals surface area (Å²) in [4.78, 5) is 42.0. The summed E-state index contributed by atoms with van der Waals surface area (Å²) in [5.41, 5.74) is 1.71. The topological polar surface area (TPSA) is 84.9 Å². The molecular formula is C30H28Cl2N2O5. The number of methoxy groups -OCH3 is 2. The molecule has 2 heterocycles. The fourth-order valence-corrected chi connectivity index (χ4v) is 6.28. The van der Waals surface area contributed by atoms with Crippen molar-refractivity contribution in [2.75, 3.05) is 20.8 Å². The first-order valence-electron chi connectivity index (χ1n) is 12.6. The van der Waals surface area contributed by atoms with Crippen molar-refractivity contribution in [2.24, 2.45) is 11.8 Å². The van der Waals surface area contributed by atoms with Crippen LogP contribution in [0.1, 0.15) is 24.1 Å². The van der Waals surface area contributed by atoms with Gasteiger partial charge in [0, 0.05) is 24.6 Å². The molecular weight excluding hydrogens is 539 g/mol. The molecule has 2 aliphatic rings. The third-order valence-electron chi connectivity index (χ3n) is 7.75. The molecule has 0 spiro atoms. The van der Waals surface area contributed by atoms with Gasteiger partial charge in [0.1, 0.15) is 11.3 Å². The van der Waals surface area contributed by atoms with Crippen molar-refractivity contribution >= 4 is 41.0 Å². The summed E-state index contributed by atoms with van der Waals surface area (Å²) >= 11 is 12.4. The van der Waals surface area contributed by atoms with E-state index in [2.05, 4.69) is 5.32 Å². The van der Waals surface area contributed by atoms with Crippen LogP contribution in [-0.2, 0) is 25.5 Å². The summed E-state index contributed by atoms with van der Waals surface area (Å²) in [6.45, 7) is 1.98. The van der Waals surface area contributed by atoms with Gasteiger partial charge in [0.15, 0.2) is 0 Å². The molecule has 0 radical (unpaired) electrons. The second-order valence-electron chi connectivity index (χ2n) is 9.76. The van der Waals surface area contributed by atoms with E-state index < -0.39 is 29.4 Å². The van der Waals surface area contributed by atoms with Crippen molar-refractivity contribution in [1.29, 1.82) is 0 Å².